The molecule has 0 atom stereocenters. The SMILES string of the molecule is COc1cc2ncnc(Nc3ccc(Cl)c(Cl)c3F)c2cc1OC1CCN(C(=O)CCOS(C)(=O)=O)CC1. The summed E-state index contributed by atoms with van der Waals surface area (Å²) >= 11 is 11.8. The minimum Gasteiger partial charge on any atom is -0.493 e. The summed E-state index contributed by atoms with van der Waals surface area (Å²) in [5.41, 5.74) is 0.639. The molecule has 3 aromatic rings. The molecular weight excluding hydrogens is 562 g/mol. The largest absolute Gasteiger partial charge is 0.493 e. The lowest BCUT2D eigenvalue weighted by atomic mass is 10.1. The summed E-state index contributed by atoms with van der Waals surface area (Å²) in [6.07, 6.45) is 3.18. The van der Waals surface area contributed by atoms with Crippen molar-refractivity contribution < 1.29 is 31.3 Å². The van der Waals surface area contributed by atoms with Crippen LogP contribution in [0.4, 0.5) is 15.9 Å². The van der Waals surface area contributed by atoms with Gasteiger partial charge in [-0.1, -0.05) is 23.2 Å². The maximum Gasteiger partial charge on any atom is 0.264 e. The minimum absolute atomic E-state index is 0.0215. The first-order chi connectivity index (χ1) is 18.1. The van der Waals surface area contributed by atoms with E-state index >= 15 is 0 Å². The molecule has 1 fully saturated rings. The second kappa shape index (κ2) is 11.9. The van der Waals surface area contributed by atoms with Gasteiger partial charge in [0.1, 0.15) is 18.2 Å². The number of nitrogens with one attached hydrogen (secondary N) is 1. The Balaban J connectivity index is 1.48. The highest BCUT2D eigenvalue weighted by Gasteiger charge is 2.25. The molecule has 4 rings (SSSR count). The second-order valence-corrected chi connectivity index (χ2v) is 11.0. The van der Waals surface area contributed by atoms with Crippen molar-refractivity contribution >= 4 is 61.6 Å². The van der Waals surface area contributed by atoms with Crippen molar-refractivity contribution in [2.75, 3.05) is 38.4 Å². The van der Waals surface area contributed by atoms with Crippen molar-refractivity contribution in [3.05, 3.63) is 46.5 Å². The third-order valence-electron chi connectivity index (χ3n) is 5.91. The molecule has 10 nitrogen and oxygen atoms in total. The van der Waals surface area contributed by atoms with Crippen LogP contribution in [0.5, 0.6) is 11.5 Å². The number of aromatic nitrogens is 2. The number of piperidine rings is 1. The molecule has 38 heavy (non-hydrogen) atoms. The van der Waals surface area contributed by atoms with E-state index in [4.69, 9.17) is 32.7 Å². The van der Waals surface area contributed by atoms with Crippen LogP contribution in [-0.4, -0.2) is 68.4 Å². The molecule has 0 spiro atoms. The van der Waals surface area contributed by atoms with Gasteiger partial charge in [0.15, 0.2) is 17.3 Å². The van der Waals surface area contributed by atoms with E-state index < -0.39 is 15.9 Å². The van der Waals surface area contributed by atoms with Crippen molar-refractivity contribution in [2.24, 2.45) is 0 Å². The number of rotatable bonds is 9. The van der Waals surface area contributed by atoms with Crippen molar-refractivity contribution in [3.63, 3.8) is 0 Å². The number of ether oxygens (including phenoxy) is 2. The third-order valence-corrected chi connectivity index (χ3v) is 7.29. The van der Waals surface area contributed by atoms with E-state index in [1.54, 1.807) is 17.0 Å². The number of hydrogen-bond acceptors (Lipinski definition) is 9. The highest BCUT2D eigenvalue weighted by Crippen LogP contribution is 2.37. The Bertz CT molecular complexity index is 1450. The molecule has 2 aromatic carbocycles. The van der Waals surface area contributed by atoms with Gasteiger partial charge in [0.25, 0.3) is 10.1 Å². The van der Waals surface area contributed by atoms with Gasteiger partial charge in [-0.3, -0.25) is 8.98 Å². The highest BCUT2D eigenvalue weighted by atomic mass is 35.5. The maximum atomic E-state index is 14.6. The minimum atomic E-state index is -3.59. The number of hydrogen-bond donors (Lipinski definition) is 1. The topological polar surface area (TPSA) is 120 Å². The van der Waals surface area contributed by atoms with Crippen molar-refractivity contribution in [3.8, 4) is 11.5 Å². The molecule has 2 heterocycles. The lowest BCUT2D eigenvalue weighted by Crippen LogP contribution is -2.42. The number of anilines is 2. The summed E-state index contributed by atoms with van der Waals surface area (Å²) in [6, 6.07) is 6.35. The number of carbonyl (C=O) groups excluding carboxylic acids is 1. The van der Waals surface area contributed by atoms with Crippen LogP contribution in [0.2, 0.25) is 10.0 Å². The zero-order chi connectivity index (χ0) is 27.4. The molecule has 14 heteroatoms. The molecule has 0 bridgehead atoms. The Kier molecular flexibility index (Phi) is 8.76. The average Bonchev–Trinajstić information content (AvgIpc) is 2.88. The van der Waals surface area contributed by atoms with Crippen molar-refractivity contribution in [1.82, 2.24) is 14.9 Å². The molecule has 1 N–H and O–H groups in total. The maximum absolute atomic E-state index is 14.6. The Morgan fingerprint density at radius 1 is 1.18 bits per heavy atom. The number of fused-ring (bicyclic) bond motifs is 1. The van der Waals surface area contributed by atoms with E-state index in [0.29, 0.717) is 54.2 Å². The molecular formula is C24H25Cl2FN4O6S. The van der Waals surface area contributed by atoms with Crippen molar-refractivity contribution in [1.29, 1.82) is 0 Å². The first-order valence-corrected chi connectivity index (χ1v) is 14.1. The number of halogens is 3. The second-order valence-electron chi connectivity index (χ2n) is 8.56. The molecule has 1 aliphatic rings. The molecule has 0 radical (unpaired) electrons. The number of amides is 1. The number of methoxy groups -OCH3 is 1. The summed E-state index contributed by atoms with van der Waals surface area (Å²) < 4.78 is 53.2. The van der Waals surface area contributed by atoms with Crippen LogP contribution in [0.1, 0.15) is 19.3 Å². The van der Waals surface area contributed by atoms with Crippen LogP contribution < -0.4 is 14.8 Å². The number of likely N-dealkylation sites (tertiary alicyclic amines) is 1. The van der Waals surface area contributed by atoms with Gasteiger partial charge in [-0.15, -0.1) is 0 Å². The van der Waals surface area contributed by atoms with E-state index in [0.717, 1.165) is 6.26 Å². The van der Waals surface area contributed by atoms with Crippen LogP contribution in [0.15, 0.2) is 30.6 Å². The zero-order valence-corrected chi connectivity index (χ0v) is 22.9. The molecule has 204 valence electrons. The van der Waals surface area contributed by atoms with Gasteiger partial charge in [-0.2, -0.15) is 8.42 Å². The van der Waals surface area contributed by atoms with Gasteiger partial charge in [0.05, 0.1) is 47.6 Å². The zero-order valence-electron chi connectivity index (χ0n) is 20.5. The van der Waals surface area contributed by atoms with Crippen LogP contribution in [0.3, 0.4) is 0 Å². The fraction of sp³-hybridized carbons (Fsp3) is 0.375. The number of carbonyl (C=O) groups is 1. The van der Waals surface area contributed by atoms with Gasteiger partial charge in [-0.25, -0.2) is 14.4 Å². The quantitative estimate of drug-likeness (QED) is 0.284. The predicted molar refractivity (Wildman–Crippen MR) is 141 cm³/mol. The molecule has 0 saturated carbocycles. The summed E-state index contributed by atoms with van der Waals surface area (Å²) in [5.74, 6) is 0.340. The molecule has 1 aliphatic heterocycles. The predicted octanol–water partition coefficient (Wildman–Crippen LogP) is 4.56. The van der Waals surface area contributed by atoms with Crippen molar-refractivity contribution in [2.45, 2.75) is 25.4 Å². The van der Waals surface area contributed by atoms with Gasteiger partial charge >= 0.3 is 0 Å². The molecule has 0 unspecified atom stereocenters. The van der Waals surface area contributed by atoms with Crippen LogP contribution in [0, 0.1) is 5.82 Å². The Morgan fingerprint density at radius 3 is 2.61 bits per heavy atom. The summed E-state index contributed by atoms with van der Waals surface area (Å²) in [7, 11) is -2.08. The fourth-order valence-electron chi connectivity index (χ4n) is 4.01. The Hall–Kier alpha value is -2.93. The smallest absolute Gasteiger partial charge is 0.264 e. The first kappa shape index (κ1) is 28.1. The average molecular weight is 587 g/mol. The standard InChI is InChI=1S/C24H25Cl2FN4O6S/c1-35-19-12-18-15(24(29-13-28-18)30-17-4-3-16(25)22(26)23(17)27)11-20(19)37-14-5-8-31(9-6-14)21(32)7-10-36-38(2,33)34/h3-4,11-14H,5-10H2,1-2H3,(H,28,29,30). The van der Waals surface area contributed by atoms with E-state index in [1.807, 2.05) is 0 Å². The molecule has 1 aromatic heterocycles. The normalized spacial score (nSPS) is 14.5. The lowest BCUT2D eigenvalue weighted by Gasteiger charge is -2.32. The van der Waals surface area contributed by atoms with E-state index in [-0.39, 0.29) is 40.8 Å². The first-order valence-electron chi connectivity index (χ1n) is 11.6. The highest BCUT2D eigenvalue weighted by molar-refractivity contribution is 7.85. The molecule has 0 aliphatic carbocycles. The van der Waals surface area contributed by atoms with E-state index in [9.17, 15) is 17.6 Å². The molecule has 1 saturated heterocycles. The van der Waals surface area contributed by atoms with Gasteiger partial charge in [0, 0.05) is 37.4 Å². The van der Waals surface area contributed by atoms with E-state index in [1.165, 1.54) is 25.6 Å². The van der Waals surface area contributed by atoms with Gasteiger partial charge in [0.2, 0.25) is 5.91 Å². The molecule has 1 amide bonds. The van der Waals surface area contributed by atoms with Gasteiger partial charge in [-0.05, 0) is 18.2 Å². The number of nitrogens with zero attached hydrogens (tertiary/aromatic N) is 3. The van der Waals surface area contributed by atoms with Crippen LogP contribution in [0.25, 0.3) is 10.9 Å². The number of benzene rings is 2. The third kappa shape index (κ3) is 6.73. The summed E-state index contributed by atoms with van der Waals surface area (Å²) in [6.45, 7) is 0.711. The summed E-state index contributed by atoms with van der Waals surface area (Å²) in [5, 5.41) is 3.40. The Morgan fingerprint density at radius 2 is 1.92 bits per heavy atom. The van der Waals surface area contributed by atoms with E-state index in [2.05, 4.69) is 19.5 Å². The monoisotopic (exact) mass is 586 g/mol. The fourth-order valence-corrected chi connectivity index (χ4v) is 4.70. The van der Waals surface area contributed by atoms with Crippen LogP contribution in [-0.2, 0) is 19.1 Å². The van der Waals surface area contributed by atoms with Gasteiger partial charge < -0.3 is 19.7 Å². The Labute approximate surface area is 229 Å². The van der Waals surface area contributed by atoms with Crippen LogP contribution >= 0.6 is 23.2 Å². The summed E-state index contributed by atoms with van der Waals surface area (Å²) in [4.78, 5) is 22.6. The lowest BCUT2D eigenvalue weighted by molar-refractivity contribution is -0.133.